The lowest BCUT2D eigenvalue weighted by molar-refractivity contribution is -0.136. The van der Waals surface area contributed by atoms with Crippen LogP contribution in [0.25, 0.3) is 22.0 Å². The van der Waals surface area contributed by atoms with E-state index in [4.69, 9.17) is 5.11 Å². The largest absolute Gasteiger partial charge is 0.481 e. The normalized spacial score (nSPS) is 10.8. The minimum absolute atomic E-state index is 0.0298. The van der Waals surface area contributed by atoms with Gasteiger partial charge in [0.25, 0.3) is 5.56 Å². The van der Waals surface area contributed by atoms with Crippen molar-refractivity contribution in [2.45, 2.75) is 12.8 Å². The highest BCUT2D eigenvalue weighted by atomic mass is 16.4. The van der Waals surface area contributed by atoms with E-state index in [1.54, 1.807) is 17.7 Å². The third-order valence-electron chi connectivity index (χ3n) is 4.04. The van der Waals surface area contributed by atoms with Crippen LogP contribution in [0.5, 0.6) is 0 Å². The zero-order valence-corrected chi connectivity index (χ0v) is 12.8. The second-order valence-electron chi connectivity index (χ2n) is 5.50. The van der Waals surface area contributed by atoms with Crippen LogP contribution in [0.1, 0.15) is 12.0 Å². The lowest BCUT2D eigenvalue weighted by atomic mass is 9.96. The summed E-state index contributed by atoms with van der Waals surface area (Å²) < 4.78 is 1.62. The maximum absolute atomic E-state index is 12.7. The molecule has 0 spiro atoms. The number of hydrogen-bond acceptors (Lipinski definition) is 2. The Morgan fingerprint density at radius 1 is 1.00 bits per heavy atom. The van der Waals surface area contributed by atoms with E-state index in [1.807, 2.05) is 48.5 Å². The second-order valence-corrected chi connectivity index (χ2v) is 5.50. The third-order valence-corrected chi connectivity index (χ3v) is 4.04. The molecule has 0 saturated heterocycles. The van der Waals surface area contributed by atoms with Gasteiger partial charge >= 0.3 is 5.97 Å². The summed E-state index contributed by atoms with van der Waals surface area (Å²) in [4.78, 5) is 23.7. The standard InChI is InChI=1S/C19H17NO3/c1-20-18(13-7-3-2-4-8-13)15(11-12-17(21)22)14-9-5-6-10-16(14)19(20)23/h2-10H,11-12H2,1H3,(H,21,22). The molecule has 0 radical (unpaired) electrons. The molecule has 0 unspecified atom stereocenters. The quantitative estimate of drug-likeness (QED) is 0.805. The second kappa shape index (κ2) is 6.08. The highest BCUT2D eigenvalue weighted by molar-refractivity contribution is 5.90. The van der Waals surface area contributed by atoms with E-state index in [1.165, 1.54) is 0 Å². The topological polar surface area (TPSA) is 59.3 Å². The van der Waals surface area contributed by atoms with Crippen molar-refractivity contribution < 1.29 is 9.90 Å². The molecule has 3 rings (SSSR count). The predicted molar refractivity (Wildman–Crippen MR) is 90.6 cm³/mol. The monoisotopic (exact) mass is 307 g/mol. The first-order valence-corrected chi connectivity index (χ1v) is 7.47. The summed E-state index contributed by atoms with van der Waals surface area (Å²) in [6, 6.07) is 17.0. The molecule has 0 amide bonds. The maximum Gasteiger partial charge on any atom is 0.303 e. The number of aromatic nitrogens is 1. The van der Waals surface area contributed by atoms with Gasteiger partial charge in [-0.3, -0.25) is 9.59 Å². The number of carboxylic acids is 1. The maximum atomic E-state index is 12.7. The summed E-state index contributed by atoms with van der Waals surface area (Å²) in [5.74, 6) is -0.845. The van der Waals surface area contributed by atoms with E-state index in [2.05, 4.69) is 0 Å². The fraction of sp³-hybridized carbons (Fsp3) is 0.158. The highest BCUT2D eigenvalue weighted by Gasteiger charge is 2.16. The number of aryl methyl sites for hydroxylation is 1. The molecule has 23 heavy (non-hydrogen) atoms. The first-order chi connectivity index (χ1) is 11.1. The molecule has 0 saturated carbocycles. The van der Waals surface area contributed by atoms with Crippen LogP contribution in [0.3, 0.4) is 0 Å². The van der Waals surface area contributed by atoms with Crippen LogP contribution in [-0.4, -0.2) is 15.6 Å². The Morgan fingerprint density at radius 3 is 2.26 bits per heavy atom. The zero-order chi connectivity index (χ0) is 16.4. The van der Waals surface area contributed by atoms with E-state index >= 15 is 0 Å². The van der Waals surface area contributed by atoms with E-state index in [0.29, 0.717) is 11.8 Å². The number of aliphatic carboxylic acids is 1. The van der Waals surface area contributed by atoms with Crippen LogP contribution < -0.4 is 5.56 Å². The van der Waals surface area contributed by atoms with E-state index in [-0.39, 0.29) is 12.0 Å². The first kappa shape index (κ1) is 15.0. The molecule has 2 aromatic carbocycles. The molecule has 0 atom stereocenters. The van der Waals surface area contributed by atoms with Gasteiger partial charge in [-0.25, -0.2) is 0 Å². The summed E-state index contributed by atoms with van der Waals surface area (Å²) in [7, 11) is 1.74. The fourth-order valence-electron chi connectivity index (χ4n) is 2.99. The molecule has 0 aliphatic rings. The smallest absolute Gasteiger partial charge is 0.303 e. The Bertz CT molecular complexity index is 926. The number of nitrogens with zero attached hydrogens (tertiary/aromatic N) is 1. The fourth-order valence-corrected chi connectivity index (χ4v) is 2.99. The Labute approximate surface area is 133 Å². The molecule has 1 heterocycles. The Kier molecular flexibility index (Phi) is 3.98. The van der Waals surface area contributed by atoms with Gasteiger partial charge in [0, 0.05) is 18.9 Å². The van der Waals surface area contributed by atoms with Crippen molar-refractivity contribution in [2.24, 2.45) is 7.05 Å². The molecule has 3 aromatic rings. The number of carbonyl (C=O) groups is 1. The van der Waals surface area contributed by atoms with Crippen LogP contribution in [0.15, 0.2) is 59.4 Å². The number of hydrogen-bond donors (Lipinski definition) is 1. The molecular formula is C19H17NO3. The van der Waals surface area contributed by atoms with Gasteiger partial charge in [0.1, 0.15) is 0 Å². The molecule has 0 bridgehead atoms. The number of pyridine rings is 1. The lowest BCUT2D eigenvalue weighted by Crippen LogP contribution is -2.21. The Balaban J connectivity index is 2.36. The molecule has 4 heteroatoms. The summed E-state index contributed by atoms with van der Waals surface area (Å²) in [5.41, 5.74) is 2.53. The van der Waals surface area contributed by atoms with Gasteiger partial charge in [-0.15, -0.1) is 0 Å². The molecule has 1 aromatic heterocycles. The molecule has 0 aliphatic heterocycles. The Morgan fingerprint density at radius 2 is 1.61 bits per heavy atom. The number of rotatable bonds is 4. The minimum Gasteiger partial charge on any atom is -0.481 e. The van der Waals surface area contributed by atoms with Gasteiger partial charge in [-0.05, 0) is 29.0 Å². The van der Waals surface area contributed by atoms with Crippen LogP contribution in [-0.2, 0) is 18.3 Å². The van der Waals surface area contributed by atoms with E-state index < -0.39 is 5.97 Å². The average molecular weight is 307 g/mol. The predicted octanol–water partition coefficient (Wildman–Crippen LogP) is 3.22. The van der Waals surface area contributed by atoms with Crippen LogP contribution in [0.2, 0.25) is 0 Å². The minimum atomic E-state index is -0.845. The van der Waals surface area contributed by atoms with Gasteiger partial charge in [-0.2, -0.15) is 0 Å². The summed E-state index contributed by atoms with van der Waals surface area (Å²) in [6.07, 6.45) is 0.413. The molecule has 1 N–H and O–H groups in total. The summed E-state index contributed by atoms with van der Waals surface area (Å²) in [5, 5.41) is 10.5. The average Bonchev–Trinajstić information content (AvgIpc) is 2.57. The SMILES string of the molecule is Cn1c(-c2ccccc2)c(CCC(=O)O)c2ccccc2c1=O. The van der Waals surface area contributed by atoms with Gasteiger partial charge in [-0.1, -0.05) is 48.5 Å². The summed E-state index contributed by atoms with van der Waals surface area (Å²) in [6.45, 7) is 0. The van der Waals surface area contributed by atoms with Crippen molar-refractivity contribution in [1.29, 1.82) is 0 Å². The first-order valence-electron chi connectivity index (χ1n) is 7.47. The van der Waals surface area contributed by atoms with E-state index in [9.17, 15) is 9.59 Å². The van der Waals surface area contributed by atoms with Crippen molar-refractivity contribution in [3.05, 3.63) is 70.5 Å². The zero-order valence-electron chi connectivity index (χ0n) is 12.8. The number of carboxylic acid groups (broad SMARTS) is 1. The van der Waals surface area contributed by atoms with Crippen molar-refractivity contribution in [3.8, 4) is 11.3 Å². The van der Waals surface area contributed by atoms with Crippen LogP contribution in [0, 0.1) is 0 Å². The molecule has 4 nitrogen and oxygen atoms in total. The van der Waals surface area contributed by atoms with Gasteiger partial charge < -0.3 is 9.67 Å². The highest BCUT2D eigenvalue weighted by Crippen LogP contribution is 2.29. The third kappa shape index (κ3) is 2.75. The molecular weight excluding hydrogens is 290 g/mol. The number of benzene rings is 2. The van der Waals surface area contributed by atoms with Crippen molar-refractivity contribution >= 4 is 16.7 Å². The molecule has 0 aliphatic carbocycles. The van der Waals surface area contributed by atoms with Crippen molar-refractivity contribution in [3.63, 3.8) is 0 Å². The van der Waals surface area contributed by atoms with Crippen LogP contribution in [0.4, 0.5) is 0 Å². The van der Waals surface area contributed by atoms with Crippen molar-refractivity contribution in [2.75, 3.05) is 0 Å². The van der Waals surface area contributed by atoms with Crippen molar-refractivity contribution in [1.82, 2.24) is 4.57 Å². The van der Waals surface area contributed by atoms with Gasteiger partial charge in [0.2, 0.25) is 0 Å². The van der Waals surface area contributed by atoms with Gasteiger partial charge in [0.05, 0.1) is 5.69 Å². The van der Waals surface area contributed by atoms with Crippen LogP contribution >= 0.6 is 0 Å². The molecule has 116 valence electrons. The van der Waals surface area contributed by atoms with E-state index in [0.717, 1.165) is 22.2 Å². The number of fused-ring (bicyclic) bond motifs is 1. The lowest BCUT2D eigenvalue weighted by Gasteiger charge is -2.17. The van der Waals surface area contributed by atoms with Gasteiger partial charge in [0.15, 0.2) is 0 Å². The summed E-state index contributed by atoms with van der Waals surface area (Å²) >= 11 is 0. The molecule has 0 fully saturated rings. The Hall–Kier alpha value is -2.88.